The monoisotopic (exact) mass is 214 g/mol. The summed E-state index contributed by atoms with van der Waals surface area (Å²) in [4.78, 5) is 0. The first-order valence-corrected chi connectivity index (χ1v) is 6.53. The van der Waals surface area contributed by atoms with Crippen LogP contribution in [0.15, 0.2) is 12.7 Å². The topological polar surface area (TPSA) is 0 Å². The fourth-order valence-electron chi connectivity index (χ4n) is 2.36. The lowest BCUT2D eigenvalue weighted by Crippen LogP contribution is -2.19. The lowest BCUT2D eigenvalue weighted by molar-refractivity contribution is 0.335. The van der Waals surface area contributed by atoms with E-state index in [1.165, 1.54) is 57.8 Å². The molecule has 0 saturated heterocycles. The molecular formula is C13H23Cl. The Morgan fingerprint density at radius 3 is 2.64 bits per heavy atom. The van der Waals surface area contributed by atoms with E-state index in [1.54, 1.807) is 0 Å². The Morgan fingerprint density at radius 1 is 1.14 bits per heavy atom. The maximum Gasteiger partial charge on any atom is 0.0364 e. The second kappa shape index (κ2) is 7.34. The summed E-state index contributed by atoms with van der Waals surface area (Å²) >= 11 is 6.31. The summed E-state index contributed by atoms with van der Waals surface area (Å²) in [5.74, 6) is 0.814. The molecule has 0 spiro atoms. The van der Waals surface area contributed by atoms with E-state index in [0.717, 1.165) is 5.92 Å². The number of rotatable bonds is 6. The van der Waals surface area contributed by atoms with Gasteiger partial charge in [-0.1, -0.05) is 31.8 Å². The van der Waals surface area contributed by atoms with Crippen molar-refractivity contribution < 1.29 is 0 Å². The Labute approximate surface area is 93.7 Å². The van der Waals surface area contributed by atoms with E-state index >= 15 is 0 Å². The number of halogens is 1. The zero-order valence-corrected chi connectivity index (χ0v) is 9.94. The highest BCUT2D eigenvalue weighted by molar-refractivity contribution is 6.20. The van der Waals surface area contributed by atoms with Crippen molar-refractivity contribution in [3.8, 4) is 0 Å². The van der Waals surface area contributed by atoms with E-state index < -0.39 is 0 Å². The zero-order chi connectivity index (χ0) is 10.2. The molecule has 2 unspecified atom stereocenters. The Kier molecular flexibility index (Phi) is 6.34. The van der Waals surface area contributed by atoms with Crippen molar-refractivity contribution >= 4 is 11.6 Å². The molecule has 2 atom stereocenters. The van der Waals surface area contributed by atoms with Crippen molar-refractivity contribution in [2.45, 2.75) is 63.2 Å². The van der Waals surface area contributed by atoms with Gasteiger partial charge in [-0.25, -0.2) is 0 Å². The summed E-state index contributed by atoms with van der Waals surface area (Å²) in [5, 5.41) is 0.475. The van der Waals surface area contributed by atoms with Crippen LogP contribution in [0.3, 0.4) is 0 Å². The fourth-order valence-corrected chi connectivity index (χ4v) is 2.77. The van der Waals surface area contributed by atoms with Gasteiger partial charge in [-0.15, -0.1) is 18.2 Å². The predicted molar refractivity (Wildman–Crippen MR) is 64.9 cm³/mol. The molecule has 0 amide bonds. The van der Waals surface area contributed by atoms with E-state index in [2.05, 4.69) is 6.58 Å². The van der Waals surface area contributed by atoms with Gasteiger partial charge in [0.25, 0.3) is 0 Å². The number of unbranched alkanes of at least 4 members (excludes halogenated alkanes) is 3. The van der Waals surface area contributed by atoms with E-state index in [0.29, 0.717) is 5.38 Å². The first-order chi connectivity index (χ1) is 6.84. The highest BCUT2D eigenvalue weighted by atomic mass is 35.5. The molecule has 1 aliphatic carbocycles. The minimum atomic E-state index is 0.475. The minimum absolute atomic E-state index is 0.475. The Hall–Kier alpha value is 0.0300. The molecule has 1 saturated carbocycles. The van der Waals surface area contributed by atoms with Crippen LogP contribution in [-0.4, -0.2) is 5.38 Å². The largest absolute Gasteiger partial charge is 0.123 e. The van der Waals surface area contributed by atoms with E-state index in [1.807, 2.05) is 6.08 Å². The third kappa shape index (κ3) is 4.50. The van der Waals surface area contributed by atoms with Crippen LogP contribution in [0, 0.1) is 5.92 Å². The maximum absolute atomic E-state index is 6.31. The molecule has 0 radical (unpaired) electrons. The number of alkyl halides is 1. The van der Waals surface area contributed by atoms with Gasteiger partial charge in [-0.3, -0.25) is 0 Å². The van der Waals surface area contributed by atoms with Gasteiger partial charge in [-0.05, 0) is 38.0 Å². The number of hydrogen-bond donors (Lipinski definition) is 0. The highest BCUT2D eigenvalue weighted by Gasteiger charge is 2.22. The van der Waals surface area contributed by atoms with Crippen molar-refractivity contribution in [2.24, 2.45) is 5.92 Å². The minimum Gasteiger partial charge on any atom is -0.123 e. The number of allylic oxidation sites excluding steroid dienone is 1. The molecule has 1 rings (SSSR count). The third-order valence-corrected chi connectivity index (χ3v) is 3.87. The van der Waals surface area contributed by atoms with Gasteiger partial charge in [0, 0.05) is 5.38 Å². The van der Waals surface area contributed by atoms with Crippen LogP contribution in [-0.2, 0) is 0 Å². The summed E-state index contributed by atoms with van der Waals surface area (Å²) < 4.78 is 0. The van der Waals surface area contributed by atoms with Gasteiger partial charge in [0.15, 0.2) is 0 Å². The smallest absolute Gasteiger partial charge is 0.0364 e. The Morgan fingerprint density at radius 2 is 1.93 bits per heavy atom. The third-order valence-electron chi connectivity index (χ3n) is 3.30. The van der Waals surface area contributed by atoms with Crippen molar-refractivity contribution in [3.05, 3.63) is 12.7 Å². The average molecular weight is 215 g/mol. The molecule has 82 valence electrons. The average Bonchev–Trinajstić information content (AvgIpc) is 2.20. The van der Waals surface area contributed by atoms with E-state index in [9.17, 15) is 0 Å². The molecule has 0 aromatic heterocycles. The summed E-state index contributed by atoms with van der Waals surface area (Å²) in [6.45, 7) is 3.74. The maximum atomic E-state index is 6.31. The van der Waals surface area contributed by atoms with Gasteiger partial charge in [-0.2, -0.15) is 0 Å². The molecule has 1 aliphatic rings. The second-order valence-electron chi connectivity index (χ2n) is 4.49. The van der Waals surface area contributed by atoms with Crippen molar-refractivity contribution in [1.29, 1.82) is 0 Å². The summed E-state index contributed by atoms with van der Waals surface area (Å²) in [7, 11) is 0. The summed E-state index contributed by atoms with van der Waals surface area (Å²) in [6.07, 6.45) is 13.9. The molecule has 0 aliphatic heterocycles. The number of hydrogen-bond acceptors (Lipinski definition) is 0. The first kappa shape index (κ1) is 12.1. The predicted octanol–water partition coefficient (Wildman–Crippen LogP) is 4.92. The van der Waals surface area contributed by atoms with Crippen molar-refractivity contribution in [2.75, 3.05) is 0 Å². The van der Waals surface area contributed by atoms with E-state index in [4.69, 9.17) is 11.6 Å². The second-order valence-corrected chi connectivity index (χ2v) is 5.05. The molecule has 0 aromatic rings. The standard InChI is InChI=1S/C13H23Cl/c1-2-3-4-5-6-9-12-10-7-8-11-13(12)14/h2,12-13H,1,3-11H2. The lowest BCUT2D eigenvalue weighted by Gasteiger charge is -2.26. The van der Waals surface area contributed by atoms with Gasteiger partial charge in [0.05, 0.1) is 0 Å². The zero-order valence-electron chi connectivity index (χ0n) is 9.18. The van der Waals surface area contributed by atoms with Crippen molar-refractivity contribution in [3.63, 3.8) is 0 Å². The van der Waals surface area contributed by atoms with Crippen LogP contribution in [0.25, 0.3) is 0 Å². The molecule has 0 N–H and O–H groups in total. The van der Waals surface area contributed by atoms with Crippen LogP contribution < -0.4 is 0 Å². The normalized spacial score (nSPS) is 27.5. The molecule has 0 aromatic carbocycles. The molecule has 14 heavy (non-hydrogen) atoms. The lowest BCUT2D eigenvalue weighted by atomic mass is 9.85. The van der Waals surface area contributed by atoms with Gasteiger partial charge >= 0.3 is 0 Å². The van der Waals surface area contributed by atoms with Crippen LogP contribution >= 0.6 is 11.6 Å². The molecular weight excluding hydrogens is 192 g/mol. The van der Waals surface area contributed by atoms with Crippen LogP contribution in [0.5, 0.6) is 0 Å². The summed E-state index contributed by atoms with van der Waals surface area (Å²) in [5.41, 5.74) is 0. The van der Waals surface area contributed by atoms with Crippen LogP contribution in [0.1, 0.15) is 57.8 Å². The Balaban J connectivity index is 2.01. The van der Waals surface area contributed by atoms with Crippen LogP contribution in [0.2, 0.25) is 0 Å². The fraction of sp³-hybridized carbons (Fsp3) is 0.846. The Bertz CT molecular complexity index is 153. The molecule has 1 heteroatoms. The van der Waals surface area contributed by atoms with Crippen LogP contribution in [0.4, 0.5) is 0 Å². The van der Waals surface area contributed by atoms with Gasteiger partial charge in [0.2, 0.25) is 0 Å². The quantitative estimate of drug-likeness (QED) is 0.335. The van der Waals surface area contributed by atoms with Gasteiger partial charge < -0.3 is 0 Å². The first-order valence-electron chi connectivity index (χ1n) is 6.09. The molecule has 1 fully saturated rings. The highest BCUT2D eigenvalue weighted by Crippen LogP contribution is 2.32. The molecule has 0 heterocycles. The van der Waals surface area contributed by atoms with E-state index in [-0.39, 0.29) is 0 Å². The summed E-state index contributed by atoms with van der Waals surface area (Å²) in [6, 6.07) is 0. The SMILES string of the molecule is C=CCCCCCC1CCCCC1Cl. The molecule has 0 bridgehead atoms. The molecule has 0 nitrogen and oxygen atoms in total. The van der Waals surface area contributed by atoms with Gasteiger partial charge in [0.1, 0.15) is 0 Å². The van der Waals surface area contributed by atoms with Crippen molar-refractivity contribution in [1.82, 2.24) is 0 Å².